The van der Waals surface area contributed by atoms with Gasteiger partial charge in [0.15, 0.2) is 0 Å². The van der Waals surface area contributed by atoms with Crippen LogP contribution in [0.4, 0.5) is 0 Å². The number of hydrogen-bond donors (Lipinski definition) is 0. The summed E-state index contributed by atoms with van der Waals surface area (Å²) < 4.78 is 3.28. The first-order valence-corrected chi connectivity index (χ1v) is 5.83. The molecule has 0 heterocycles. The zero-order valence-electron chi connectivity index (χ0n) is 8.10. The van der Waals surface area contributed by atoms with Crippen LogP contribution in [0.25, 0.3) is 0 Å². The molecular formula is C12H14Mn. The van der Waals surface area contributed by atoms with Crippen LogP contribution in [0.15, 0.2) is 44.4 Å². The molecule has 2 aliphatic carbocycles. The van der Waals surface area contributed by atoms with Crippen LogP contribution in [0.5, 0.6) is 0 Å². The molecule has 0 aliphatic heterocycles. The van der Waals surface area contributed by atoms with E-state index in [1.54, 1.807) is 8.94 Å². The molecule has 0 spiro atoms. The van der Waals surface area contributed by atoms with Crippen molar-refractivity contribution in [3.63, 3.8) is 0 Å². The van der Waals surface area contributed by atoms with Crippen molar-refractivity contribution in [3.8, 4) is 0 Å². The van der Waals surface area contributed by atoms with Crippen molar-refractivity contribution in [1.29, 1.82) is 0 Å². The molecule has 0 saturated carbocycles. The van der Waals surface area contributed by atoms with Crippen molar-refractivity contribution in [2.45, 2.75) is 26.7 Å². The fourth-order valence-electron chi connectivity index (χ4n) is 1.55. The Kier molecular flexibility index (Phi) is 2.57. The Morgan fingerprint density at radius 2 is 1.38 bits per heavy atom. The fourth-order valence-corrected chi connectivity index (χ4v) is 3.16. The second-order valence-corrected chi connectivity index (χ2v) is 5.20. The molecule has 0 nitrogen and oxygen atoms in total. The van der Waals surface area contributed by atoms with E-state index in [9.17, 15) is 0 Å². The van der Waals surface area contributed by atoms with Gasteiger partial charge in [0.05, 0.1) is 0 Å². The van der Waals surface area contributed by atoms with E-state index >= 15 is 0 Å². The first-order chi connectivity index (χ1) is 6.27. The van der Waals surface area contributed by atoms with Gasteiger partial charge in [0, 0.05) is 0 Å². The van der Waals surface area contributed by atoms with Crippen LogP contribution in [0.1, 0.15) is 26.7 Å². The first kappa shape index (κ1) is 9.05. The second kappa shape index (κ2) is 3.69. The summed E-state index contributed by atoms with van der Waals surface area (Å²) in [5, 5.41) is 0. The van der Waals surface area contributed by atoms with E-state index in [1.807, 2.05) is 0 Å². The fraction of sp³-hybridized carbons (Fsp3) is 0.333. The summed E-state index contributed by atoms with van der Waals surface area (Å²) in [7, 11) is 0. The molecule has 0 aromatic heterocycles. The van der Waals surface area contributed by atoms with Gasteiger partial charge in [-0.25, -0.2) is 0 Å². The molecule has 13 heavy (non-hydrogen) atoms. The third kappa shape index (κ3) is 1.87. The van der Waals surface area contributed by atoms with Crippen LogP contribution >= 0.6 is 0 Å². The molecule has 0 amide bonds. The van der Waals surface area contributed by atoms with Crippen molar-refractivity contribution in [2.24, 2.45) is 0 Å². The van der Waals surface area contributed by atoms with Crippen LogP contribution in [0, 0.1) is 0 Å². The van der Waals surface area contributed by atoms with Gasteiger partial charge in [-0.1, -0.05) is 0 Å². The third-order valence-corrected chi connectivity index (χ3v) is 4.54. The minimum absolute atomic E-state index is 0.902. The molecule has 0 bridgehead atoms. The molecule has 0 unspecified atom stereocenters. The third-order valence-electron chi connectivity index (χ3n) is 2.41. The predicted octanol–water partition coefficient (Wildman–Crippen LogP) is 3.54. The SMILES string of the molecule is CC1=[C]([Mn][C]2=C(C)C=CC2)CC=C1. The Morgan fingerprint density at radius 1 is 0.923 bits per heavy atom. The molecule has 0 N–H and O–H groups in total. The Morgan fingerprint density at radius 3 is 1.69 bits per heavy atom. The Balaban J connectivity index is 2.08. The minimum atomic E-state index is 0.902. The monoisotopic (exact) mass is 213 g/mol. The van der Waals surface area contributed by atoms with E-state index < -0.39 is 0 Å². The zero-order chi connectivity index (χ0) is 9.26. The molecule has 69 valence electrons. The van der Waals surface area contributed by atoms with Crippen molar-refractivity contribution in [3.05, 3.63) is 44.4 Å². The van der Waals surface area contributed by atoms with E-state index in [0.717, 1.165) is 15.0 Å². The van der Waals surface area contributed by atoms with Crippen molar-refractivity contribution in [2.75, 3.05) is 0 Å². The second-order valence-electron chi connectivity index (χ2n) is 3.48. The molecule has 0 atom stereocenters. The molecular weight excluding hydrogens is 199 g/mol. The van der Waals surface area contributed by atoms with Gasteiger partial charge in [0.1, 0.15) is 0 Å². The van der Waals surface area contributed by atoms with E-state index in [4.69, 9.17) is 0 Å². The Labute approximate surface area is 86.3 Å². The predicted molar refractivity (Wildman–Crippen MR) is 52.9 cm³/mol. The summed E-state index contributed by atoms with van der Waals surface area (Å²) in [6, 6.07) is 0. The van der Waals surface area contributed by atoms with Crippen molar-refractivity contribution in [1.82, 2.24) is 0 Å². The van der Waals surface area contributed by atoms with Crippen LogP contribution in [-0.4, -0.2) is 0 Å². The summed E-state index contributed by atoms with van der Waals surface area (Å²) in [6.07, 6.45) is 11.4. The van der Waals surface area contributed by atoms with Crippen LogP contribution in [0.2, 0.25) is 0 Å². The average molecular weight is 213 g/mol. The summed E-state index contributed by atoms with van der Waals surface area (Å²) in [5.41, 5.74) is 2.99. The molecule has 2 aliphatic rings. The molecule has 0 aromatic carbocycles. The summed E-state index contributed by atoms with van der Waals surface area (Å²) in [5.74, 6) is 0. The van der Waals surface area contributed by atoms with Gasteiger partial charge in [-0.15, -0.1) is 0 Å². The Hall–Kier alpha value is -0.521. The molecule has 0 radical (unpaired) electrons. The maximum absolute atomic E-state index is 2.27. The molecule has 0 aromatic rings. The first-order valence-electron chi connectivity index (χ1n) is 4.65. The number of hydrogen-bond acceptors (Lipinski definition) is 0. The summed E-state index contributed by atoms with van der Waals surface area (Å²) >= 11 is 0.902. The molecule has 1 heteroatoms. The van der Waals surface area contributed by atoms with Gasteiger partial charge in [-0.05, 0) is 0 Å². The molecule has 2 rings (SSSR count). The molecule has 0 saturated heterocycles. The topological polar surface area (TPSA) is 0 Å². The van der Waals surface area contributed by atoms with Gasteiger partial charge in [0.25, 0.3) is 0 Å². The maximum atomic E-state index is 2.27. The van der Waals surface area contributed by atoms with E-state index in [-0.39, 0.29) is 0 Å². The van der Waals surface area contributed by atoms with E-state index in [0.29, 0.717) is 0 Å². The summed E-state index contributed by atoms with van der Waals surface area (Å²) in [4.78, 5) is 0. The standard InChI is InChI=1S/2C6H7.Mn/c2*1-6-4-2-3-5-6;/h2*2,4H,3H2,1H3;. The number of rotatable bonds is 2. The van der Waals surface area contributed by atoms with Gasteiger partial charge in [0.2, 0.25) is 0 Å². The van der Waals surface area contributed by atoms with E-state index in [2.05, 4.69) is 38.2 Å². The van der Waals surface area contributed by atoms with Gasteiger partial charge in [-0.3, -0.25) is 0 Å². The van der Waals surface area contributed by atoms with Crippen LogP contribution < -0.4 is 0 Å². The normalized spacial score (nSPS) is 21.1. The molecule has 0 fully saturated rings. The average Bonchev–Trinajstić information content (AvgIpc) is 2.65. The van der Waals surface area contributed by atoms with Crippen LogP contribution in [-0.2, 0) is 15.0 Å². The van der Waals surface area contributed by atoms with E-state index in [1.165, 1.54) is 24.0 Å². The Bertz CT molecular complexity index is 306. The van der Waals surface area contributed by atoms with Gasteiger partial charge < -0.3 is 0 Å². The quantitative estimate of drug-likeness (QED) is 0.615. The van der Waals surface area contributed by atoms with Gasteiger partial charge in [-0.2, -0.15) is 0 Å². The van der Waals surface area contributed by atoms with Crippen molar-refractivity contribution < 1.29 is 15.0 Å². The summed E-state index contributed by atoms with van der Waals surface area (Å²) in [6.45, 7) is 4.45. The zero-order valence-corrected chi connectivity index (χ0v) is 9.28. The van der Waals surface area contributed by atoms with Crippen LogP contribution in [0.3, 0.4) is 0 Å². The van der Waals surface area contributed by atoms with Crippen molar-refractivity contribution >= 4 is 0 Å². The number of allylic oxidation sites excluding steroid dienone is 8. The van der Waals surface area contributed by atoms with Gasteiger partial charge >= 0.3 is 86.0 Å².